The van der Waals surface area contributed by atoms with Gasteiger partial charge in [0.2, 0.25) is 0 Å². The van der Waals surface area contributed by atoms with Crippen LogP contribution in [-0.4, -0.2) is 47.0 Å². The van der Waals surface area contributed by atoms with Crippen molar-refractivity contribution in [2.24, 2.45) is 0 Å². The third kappa shape index (κ3) is 3.84. The first-order valence-electron chi connectivity index (χ1n) is 7.44. The van der Waals surface area contributed by atoms with Crippen molar-refractivity contribution in [1.82, 2.24) is 14.8 Å². The highest BCUT2D eigenvalue weighted by Gasteiger charge is 2.21. The maximum absolute atomic E-state index is 12.3. The number of amides is 2. The van der Waals surface area contributed by atoms with E-state index in [1.165, 1.54) is 5.56 Å². The lowest BCUT2D eigenvalue weighted by Crippen LogP contribution is -2.49. The standard InChI is InChI=1S/C16H20N4OS/c1-13-2-4-14(5-3-13)18-16(21)20-9-7-19(8-10-20)12-15-17-6-11-22-15/h2-6,11H,7-10,12H2,1H3,(H,18,21). The topological polar surface area (TPSA) is 48.5 Å². The van der Waals surface area contributed by atoms with Gasteiger partial charge in [0.05, 0.1) is 6.54 Å². The Morgan fingerprint density at radius 2 is 1.95 bits per heavy atom. The number of nitrogens with zero attached hydrogens (tertiary/aromatic N) is 3. The van der Waals surface area contributed by atoms with Crippen molar-refractivity contribution in [3.05, 3.63) is 46.4 Å². The Labute approximate surface area is 134 Å². The molecule has 1 N–H and O–H groups in total. The molecule has 0 unspecified atom stereocenters. The van der Waals surface area contributed by atoms with Crippen LogP contribution >= 0.6 is 11.3 Å². The number of aryl methyl sites for hydroxylation is 1. The van der Waals surface area contributed by atoms with Gasteiger partial charge in [-0.2, -0.15) is 0 Å². The second kappa shape index (κ2) is 6.89. The molecule has 1 aromatic heterocycles. The fraction of sp³-hybridized carbons (Fsp3) is 0.375. The summed E-state index contributed by atoms with van der Waals surface area (Å²) in [6, 6.07) is 7.86. The Morgan fingerprint density at radius 3 is 2.59 bits per heavy atom. The zero-order valence-electron chi connectivity index (χ0n) is 12.7. The minimum atomic E-state index is -0.0160. The zero-order valence-corrected chi connectivity index (χ0v) is 13.5. The molecule has 2 aromatic rings. The molecule has 1 saturated heterocycles. The molecule has 1 aliphatic heterocycles. The van der Waals surface area contributed by atoms with Gasteiger partial charge in [-0.3, -0.25) is 4.90 Å². The van der Waals surface area contributed by atoms with Crippen LogP contribution in [0.4, 0.5) is 10.5 Å². The largest absolute Gasteiger partial charge is 0.322 e. The number of piperazine rings is 1. The van der Waals surface area contributed by atoms with E-state index in [9.17, 15) is 4.79 Å². The number of carbonyl (C=O) groups excluding carboxylic acids is 1. The first-order valence-corrected chi connectivity index (χ1v) is 8.32. The highest BCUT2D eigenvalue weighted by molar-refractivity contribution is 7.09. The summed E-state index contributed by atoms with van der Waals surface area (Å²) >= 11 is 1.68. The van der Waals surface area contributed by atoms with Crippen LogP contribution < -0.4 is 5.32 Å². The van der Waals surface area contributed by atoms with Gasteiger partial charge in [0, 0.05) is 43.4 Å². The Kier molecular flexibility index (Phi) is 4.70. The van der Waals surface area contributed by atoms with Gasteiger partial charge >= 0.3 is 6.03 Å². The van der Waals surface area contributed by atoms with Crippen LogP contribution in [0.1, 0.15) is 10.6 Å². The van der Waals surface area contributed by atoms with Gasteiger partial charge < -0.3 is 10.2 Å². The molecule has 116 valence electrons. The predicted molar refractivity (Wildman–Crippen MR) is 89.2 cm³/mol. The predicted octanol–water partition coefficient (Wildman–Crippen LogP) is 2.80. The number of nitrogens with one attached hydrogen (secondary N) is 1. The first kappa shape index (κ1) is 15.0. The fourth-order valence-corrected chi connectivity index (χ4v) is 3.13. The summed E-state index contributed by atoms with van der Waals surface area (Å²) in [5.41, 5.74) is 2.04. The van der Waals surface area contributed by atoms with Gasteiger partial charge in [-0.05, 0) is 19.1 Å². The Balaban J connectivity index is 1.48. The Morgan fingerprint density at radius 1 is 1.23 bits per heavy atom. The summed E-state index contributed by atoms with van der Waals surface area (Å²) in [5, 5.41) is 6.09. The lowest BCUT2D eigenvalue weighted by atomic mass is 10.2. The first-order chi connectivity index (χ1) is 10.7. The number of benzene rings is 1. The average Bonchev–Trinajstić information content (AvgIpc) is 3.03. The van der Waals surface area contributed by atoms with E-state index in [1.807, 2.05) is 47.7 Å². The van der Waals surface area contributed by atoms with Gasteiger partial charge in [0.25, 0.3) is 0 Å². The molecule has 3 rings (SSSR count). The van der Waals surface area contributed by atoms with Crippen molar-refractivity contribution in [3.63, 3.8) is 0 Å². The molecular formula is C16H20N4OS. The second-order valence-corrected chi connectivity index (χ2v) is 6.46. The number of carbonyl (C=O) groups is 1. The molecule has 2 amide bonds. The molecule has 0 spiro atoms. The average molecular weight is 316 g/mol. The number of hydrogen-bond donors (Lipinski definition) is 1. The monoisotopic (exact) mass is 316 g/mol. The van der Waals surface area contributed by atoms with Crippen molar-refractivity contribution < 1.29 is 4.79 Å². The third-order valence-corrected chi connectivity index (χ3v) is 4.57. The molecule has 0 bridgehead atoms. The van der Waals surface area contributed by atoms with Crippen LogP contribution in [0.3, 0.4) is 0 Å². The van der Waals surface area contributed by atoms with Crippen LogP contribution in [0.15, 0.2) is 35.8 Å². The van der Waals surface area contributed by atoms with Crippen LogP contribution in [0.2, 0.25) is 0 Å². The number of rotatable bonds is 3. The van der Waals surface area contributed by atoms with Crippen molar-refractivity contribution in [1.29, 1.82) is 0 Å². The molecule has 0 aliphatic carbocycles. The number of hydrogen-bond acceptors (Lipinski definition) is 4. The minimum absolute atomic E-state index is 0.0160. The summed E-state index contributed by atoms with van der Waals surface area (Å²) in [5.74, 6) is 0. The van der Waals surface area contributed by atoms with Crippen LogP contribution in [0, 0.1) is 6.92 Å². The SMILES string of the molecule is Cc1ccc(NC(=O)N2CCN(Cc3nccs3)CC2)cc1. The van der Waals surface area contributed by atoms with E-state index in [1.54, 1.807) is 11.3 Å². The molecule has 0 atom stereocenters. The van der Waals surface area contributed by atoms with E-state index < -0.39 is 0 Å². The van der Waals surface area contributed by atoms with E-state index in [4.69, 9.17) is 0 Å². The van der Waals surface area contributed by atoms with Crippen LogP contribution in [0.25, 0.3) is 0 Å². The molecular weight excluding hydrogens is 296 g/mol. The fourth-order valence-electron chi connectivity index (χ4n) is 2.47. The summed E-state index contributed by atoms with van der Waals surface area (Å²) < 4.78 is 0. The molecule has 1 fully saturated rings. The van der Waals surface area contributed by atoms with Crippen molar-refractivity contribution >= 4 is 23.1 Å². The molecule has 1 aliphatic rings. The maximum Gasteiger partial charge on any atom is 0.321 e. The number of urea groups is 1. The minimum Gasteiger partial charge on any atom is -0.322 e. The van der Waals surface area contributed by atoms with E-state index in [2.05, 4.69) is 15.2 Å². The molecule has 1 aromatic carbocycles. The zero-order chi connectivity index (χ0) is 15.4. The Bertz CT molecular complexity index is 604. The second-order valence-electron chi connectivity index (χ2n) is 5.49. The quantitative estimate of drug-likeness (QED) is 0.947. The lowest BCUT2D eigenvalue weighted by molar-refractivity contribution is 0.143. The third-order valence-electron chi connectivity index (χ3n) is 3.80. The molecule has 0 radical (unpaired) electrons. The van der Waals surface area contributed by atoms with Gasteiger partial charge in [-0.15, -0.1) is 11.3 Å². The highest BCUT2D eigenvalue weighted by atomic mass is 32.1. The summed E-state index contributed by atoms with van der Waals surface area (Å²) in [4.78, 5) is 20.8. The molecule has 2 heterocycles. The number of aromatic nitrogens is 1. The van der Waals surface area contributed by atoms with Crippen LogP contribution in [-0.2, 0) is 6.54 Å². The van der Waals surface area contributed by atoms with Gasteiger partial charge in [-0.25, -0.2) is 9.78 Å². The number of thiazole rings is 1. The maximum atomic E-state index is 12.3. The highest BCUT2D eigenvalue weighted by Crippen LogP contribution is 2.13. The molecule has 22 heavy (non-hydrogen) atoms. The number of anilines is 1. The lowest BCUT2D eigenvalue weighted by Gasteiger charge is -2.34. The molecule has 5 nitrogen and oxygen atoms in total. The summed E-state index contributed by atoms with van der Waals surface area (Å²) in [6.07, 6.45) is 1.84. The summed E-state index contributed by atoms with van der Waals surface area (Å²) in [6.45, 7) is 6.20. The van der Waals surface area contributed by atoms with E-state index in [0.29, 0.717) is 0 Å². The van der Waals surface area contributed by atoms with Gasteiger partial charge in [0.1, 0.15) is 5.01 Å². The van der Waals surface area contributed by atoms with Gasteiger partial charge in [0.15, 0.2) is 0 Å². The molecule has 6 heteroatoms. The normalized spacial score (nSPS) is 15.8. The van der Waals surface area contributed by atoms with Crippen molar-refractivity contribution in [3.8, 4) is 0 Å². The summed E-state index contributed by atoms with van der Waals surface area (Å²) in [7, 11) is 0. The van der Waals surface area contributed by atoms with Crippen molar-refractivity contribution in [2.75, 3.05) is 31.5 Å². The molecule has 0 saturated carbocycles. The van der Waals surface area contributed by atoms with E-state index >= 15 is 0 Å². The Hall–Kier alpha value is -1.92. The van der Waals surface area contributed by atoms with E-state index in [0.717, 1.165) is 43.4 Å². The van der Waals surface area contributed by atoms with E-state index in [-0.39, 0.29) is 6.03 Å². The van der Waals surface area contributed by atoms with Gasteiger partial charge in [-0.1, -0.05) is 17.7 Å². The van der Waals surface area contributed by atoms with Crippen molar-refractivity contribution in [2.45, 2.75) is 13.5 Å². The van der Waals surface area contributed by atoms with Crippen LogP contribution in [0.5, 0.6) is 0 Å². The smallest absolute Gasteiger partial charge is 0.321 e.